The number of rotatable bonds is 7. The van der Waals surface area contributed by atoms with E-state index in [2.05, 4.69) is 62.4 Å². The number of ether oxygens (including phenoxy) is 1. The van der Waals surface area contributed by atoms with Gasteiger partial charge in [-0.3, -0.25) is 9.59 Å². The minimum atomic E-state index is -0.986. The molecule has 7 nitrogen and oxygen atoms in total. The quantitative estimate of drug-likeness (QED) is 0.160. The molecule has 2 aliphatic carbocycles. The van der Waals surface area contributed by atoms with Gasteiger partial charge in [0.25, 0.3) is 5.91 Å². The minimum absolute atomic E-state index is 0.208. The number of esters is 1. The number of methoxy groups -OCH3 is 1. The van der Waals surface area contributed by atoms with Crippen molar-refractivity contribution in [3.05, 3.63) is 101 Å². The number of carbonyl (C=O) groups is 3. The van der Waals surface area contributed by atoms with E-state index in [0.29, 0.717) is 30.0 Å². The van der Waals surface area contributed by atoms with Gasteiger partial charge in [0.15, 0.2) is 0 Å². The molecule has 2 N–H and O–H groups in total. The molecule has 0 saturated heterocycles. The van der Waals surface area contributed by atoms with Gasteiger partial charge in [-0.05, 0) is 78.6 Å². The van der Waals surface area contributed by atoms with Gasteiger partial charge in [0.1, 0.15) is 5.54 Å². The van der Waals surface area contributed by atoms with Crippen LogP contribution in [0.15, 0.2) is 78.9 Å². The molecule has 4 aromatic rings. The summed E-state index contributed by atoms with van der Waals surface area (Å²) in [7, 11) is 1.33. The lowest BCUT2D eigenvalue weighted by Crippen LogP contribution is -2.55. The Morgan fingerprint density at radius 1 is 0.915 bits per heavy atom. The van der Waals surface area contributed by atoms with E-state index in [-0.39, 0.29) is 11.8 Å². The highest BCUT2D eigenvalue weighted by Gasteiger charge is 2.43. The van der Waals surface area contributed by atoms with E-state index in [9.17, 15) is 14.4 Å². The van der Waals surface area contributed by atoms with Crippen LogP contribution >= 0.6 is 0 Å². The molecule has 2 fully saturated rings. The van der Waals surface area contributed by atoms with Gasteiger partial charge in [-0.15, -0.1) is 0 Å². The molecule has 1 aromatic heterocycles. The molecule has 2 heterocycles. The van der Waals surface area contributed by atoms with Crippen molar-refractivity contribution in [2.24, 2.45) is 0 Å². The fraction of sp³-hybridized carbons (Fsp3) is 0.325. The zero-order valence-corrected chi connectivity index (χ0v) is 26.9. The largest absolute Gasteiger partial charge is 0.466 e. The highest BCUT2D eigenvalue weighted by Crippen LogP contribution is 2.46. The lowest BCUT2D eigenvalue weighted by Gasteiger charge is -2.29. The molecule has 3 aliphatic rings. The number of fused-ring (bicyclic) bond motifs is 5. The first-order valence-electron chi connectivity index (χ1n) is 16.9. The Labute approximate surface area is 275 Å². The second-order valence-electron chi connectivity index (χ2n) is 13.1. The van der Waals surface area contributed by atoms with Crippen molar-refractivity contribution in [2.75, 3.05) is 12.4 Å². The molecule has 240 valence electrons. The molecular formula is C40H41N3O4. The van der Waals surface area contributed by atoms with Gasteiger partial charge < -0.3 is 19.9 Å². The number of allylic oxidation sites excluding steroid dienone is 1. The number of anilines is 1. The monoisotopic (exact) mass is 627 g/mol. The predicted octanol–water partition coefficient (Wildman–Crippen LogP) is 8.25. The zero-order valence-electron chi connectivity index (χ0n) is 26.9. The normalized spacial score (nSPS) is 17.2. The van der Waals surface area contributed by atoms with Crippen molar-refractivity contribution in [3.63, 3.8) is 0 Å². The van der Waals surface area contributed by atoms with Crippen molar-refractivity contribution in [2.45, 2.75) is 75.8 Å². The van der Waals surface area contributed by atoms with Crippen LogP contribution in [0.3, 0.4) is 0 Å². The van der Waals surface area contributed by atoms with Crippen molar-refractivity contribution >= 4 is 46.5 Å². The molecule has 0 unspecified atom stereocenters. The number of carbonyl (C=O) groups excluding carboxylic acids is 3. The van der Waals surface area contributed by atoms with Crippen LogP contribution in [0.5, 0.6) is 0 Å². The summed E-state index contributed by atoms with van der Waals surface area (Å²) in [6.45, 7) is 0.738. The number of nitrogens with zero attached hydrogens (tertiary/aromatic N) is 1. The molecule has 0 bridgehead atoms. The summed E-state index contributed by atoms with van der Waals surface area (Å²) < 4.78 is 7.04. The first-order valence-corrected chi connectivity index (χ1v) is 16.9. The van der Waals surface area contributed by atoms with Gasteiger partial charge in [0.2, 0.25) is 5.91 Å². The zero-order chi connectivity index (χ0) is 32.4. The van der Waals surface area contributed by atoms with Gasteiger partial charge >= 0.3 is 5.97 Å². The molecular weight excluding hydrogens is 586 g/mol. The van der Waals surface area contributed by atoms with Crippen molar-refractivity contribution in [3.8, 4) is 11.3 Å². The first kappa shape index (κ1) is 30.7. The highest BCUT2D eigenvalue weighted by molar-refractivity contribution is 6.06. The number of hydrogen-bond acceptors (Lipinski definition) is 4. The standard InChI is InChI=1S/C40H41N3O4/c1-47-35(44)22-17-27-15-19-31(20-16-27)41-39(46)40(23-7-8-24-40)42-38(45)30-18-21-33-34(26-30)43-25-9-13-28-10-5-6-14-32(28)37(43)36(33)29-11-3-2-4-12-29/h5-6,9-10,13-22,26,29H,2-4,7-8,11-12,23-25H2,1H3,(H,41,46)(H,42,45). The van der Waals surface area contributed by atoms with Crippen LogP contribution in [0.4, 0.5) is 5.69 Å². The fourth-order valence-electron chi connectivity index (χ4n) is 7.78. The van der Waals surface area contributed by atoms with Crippen molar-refractivity contribution < 1.29 is 19.1 Å². The van der Waals surface area contributed by atoms with Gasteiger partial charge in [-0.25, -0.2) is 4.79 Å². The fourth-order valence-corrected chi connectivity index (χ4v) is 7.78. The van der Waals surface area contributed by atoms with Crippen LogP contribution < -0.4 is 10.6 Å². The molecule has 3 aromatic carbocycles. The van der Waals surface area contributed by atoms with Gasteiger partial charge in [0, 0.05) is 40.3 Å². The van der Waals surface area contributed by atoms with Crippen LogP contribution in [0.2, 0.25) is 0 Å². The summed E-state index contributed by atoms with van der Waals surface area (Å²) in [4.78, 5) is 39.2. The number of benzene rings is 3. The molecule has 0 spiro atoms. The van der Waals surface area contributed by atoms with E-state index in [1.165, 1.54) is 73.1 Å². The molecule has 1 aliphatic heterocycles. The maximum absolute atomic E-state index is 14.0. The van der Waals surface area contributed by atoms with E-state index >= 15 is 0 Å². The van der Waals surface area contributed by atoms with Crippen LogP contribution in [-0.2, 0) is 20.9 Å². The number of aromatic nitrogens is 1. The SMILES string of the molecule is COC(=O)C=Cc1ccc(NC(=O)C2(NC(=O)c3ccc4c(C5CCCCC5)c5n(c4c3)CC=Cc3ccccc3-5)CCCC2)cc1. The number of amides is 2. The van der Waals surface area contributed by atoms with E-state index in [1.54, 1.807) is 18.2 Å². The number of nitrogens with one attached hydrogen (secondary N) is 2. The Balaban J connectivity index is 1.18. The summed E-state index contributed by atoms with van der Waals surface area (Å²) in [6, 6.07) is 22.0. The van der Waals surface area contributed by atoms with Gasteiger partial charge in [-0.1, -0.05) is 86.7 Å². The van der Waals surface area contributed by atoms with Crippen LogP contribution in [0.1, 0.15) is 90.8 Å². The lowest BCUT2D eigenvalue weighted by molar-refractivity contribution is -0.134. The second kappa shape index (κ2) is 13.1. The Kier molecular flexibility index (Phi) is 8.54. The molecule has 2 amide bonds. The van der Waals surface area contributed by atoms with Crippen LogP contribution in [0.25, 0.3) is 34.3 Å². The third kappa shape index (κ3) is 6.02. The molecule has 0 atom stereocenters. The van der Waals surface area contributed by atoms with Gasteiger partial charge in [0.05, 0.1) is 12.8 Å². The Bertz CT molecular complexity index is 1890. The lowest BCUT2D eigenvalue weighted by atomic mass is 9.81. The smallest absolute Gasteiger partial charge is 0.330 e. The van der Waals surface area contributed by atoms with Crippen molar-refractivity contribution in [1.29, 1.82) is 0 Å². The summed E-state index contributed by atoms with van der Waals surface area (Å²) in [5.74, 6) is -0.372. The van der Waals surface area contributed by atoms with Gasteiger partial charge in [-0.2, -0.15) is 0 Å². The van der Waals surface area contributed by atoms with Crippen molar-refractivity contribution in [1.82, 2.24) is 9.88 Å². The molecule has 47 heavy (non-hydrogen) atoms. The topological polar surface area (TPSA) is 89.4 Å². The minimum Gasteiger partial charge on any atom is -0.466 e. The molecule has 2 saturated carbocycles. The third-order valence-electron chi connectivity index (χ3n) is 10.2. The average Bonchev–Trinajstić information content (AvgIpc) is 3.66. The van der Waals surface area contributed by atoms with E-state index in [0.717, 1.165) is 30.5 Å². The Hall–Kier alpha value is -4.91. The summed E-state index contributed by atoms with van der Waals surface area (Å²) >= 11 is 0. The molecule has 7 rings (SSSR count). The van der Waals surface area contributed by atoms with E-state index in [1.807, 2.05) is 24.3 Å². The summed E-state index contributed by atoms with van der Waals surface area (Å²) in [5, 5.41) is 7.44. The highest BCUT2D eigenvalue weighted by atomic mass is 16.5. The second-order valence-corrected chi connectivity index (χ2v) is 13.1. The van der Waals surface area contributed by atoms with E-state index < -0.39 is 11.5 Å². The molecule has 7 heteroatoms. The Morgan fingerprint density at radius 3 is 2.45 bits per heavy atom. The van der Waals surface area contributed by atoms with E-state index in [4.69, 9.17) is 0 Å². The summed E-state index contributed by atoms with van der Waals surface area (Å²) in [5.41, 5.74) is 7.26. The molecule has 0 radical (unpaired) electrons. The Morgan fingerprint density at radius 2 is 1.68 bits per heavy atom. The average molecular weight is 628 g/mol. The maximum Gasteiger partial charge on any atom is 0.330 e. The number of hydrogen-bond donors (Lipinski definition) is 2. The van der Waals surface area contributed by atoms with Crippen LogP contribution in [0, 0.1) is 0 Å². The first-order chi connectivity index (χ1) is 23.0. The predicted molar refractivity (Wildman–Crippen MR) is 187 cm³/mol. The van der Waals surface area contributed by atoms with Crippen LogP contribution in [-0.4, -0.2) is 35.0 Å². The summed E-state index contributed by atoms with van der Waals surface area (Å²) in [6.07, 6.45) is 16.5. The third-order valence-corrected chi connectivity index (χ3v) is 10.2. The maximum atomic E-state index is 14.0.